The van der Waals surface area contributed by atoms with Gasteiger partial charge in [0.05, 0.1) is 7.11 Å². The first-order valence-electron chi connectivity index (χ1n) is 7.16. The van der Waals surface area contributed by atoms with Crippen LogP contribution in [0.2, 0.25) is 0 Å². The summed E-state index contributed by atoms with van der Waals surface area (Å²) in [6.45, 7) is -0.435. The number of carbonyl (C=O) groups excluding carboxylic acids is 2. The average molecular weight is 330 g/mol. The normalized spacial score (nSPS) is 9.92. The molecular weight excluding hydrogens is 312 g/mol. The van der Waals surface area contributed by atoms with E-state index in [1.165, 1.54) is 12.0 Å². The van der Waals surface area contributed by atoms with Gasteiger partial charge in [0.2, 0.25) is 5.95 Å². The Bertz CT molecular complexity index is 693. The van der Waals surface area contributed by atoms with Crippen LogP contribution in [0.4, 0.5) is 11.6 Å². The number of hydrogen-bond acceptors (Lipinski definition) is 7. The summed E-state index contributed by atoms with van der Waals surface area (Å²) < 4.78 is 10.0. The van der Waals surface area contributed by atoms with Crippen LogP contribution in [0.3, 0.4) is 0 Å². The Morgan fingerprint density at radius 3 is 2.67 bits per heavy atom. The van der Waals surface area contributed by atoms with Gasteiger partial charge in [-0.25, -0.2) is 9.97 Å². The van der Waals surface area contributed by atoms with E-state index in [2.05, 4.69) is 15.3 Å². The molecule has 2 rings (SSSR count). The number of esters is 1. The summed E-state index contributed by atoms with van der Waals surface area (Å²) in [4.78, 5) is 33.1. The highest BCUT2D eigenvalue weighted by Gasteiger charge is 2.12. The number of rotatable bonds is 7. The molecular formula is C16H18N4O4. The molecule has 8 heteroatoms. The molecule has 126 valence electrons. The quantitative estimate of drug-likeness (QED) is 0.760. The SMILES string of the molecule is COc1cccc(NC(=O)COC(=O)CN(C)c2ncccn2)c1. The average Bonchev–Trinajstić information content (AvgIpc) is 2.61. The largest absolute Gasteiger partial charge is 0.497 e. The Morgan fingerprint density at radius 2 is 1.96 bits per heavy atom. The second-order valence-corrected chi connectivity index (χ2v) is 4.85. The lowest BCUT2D eigenvalue weighted by Crippen LogP contribution is -2.30. The van der Waals surface area contributed by atoms with Crippen LogP contribution < -0.4 is 15.0 Å². The van der Waals surface area contributed by atoms with E-state index in [1.54, 1.807) is 49.8 Å². The third-order valence-electron chi connectivity index (χ3n) is 2.98. The second kappa shape index (κ2) is 8.47. The predicted molar refractivity (Wildman–Crippen MR) is 87.9 cm³/mol. The van der Waals surface area contributed by atoms with E-state index in [9.17, 15) is 9.59 Å². The minimum Gasteiger partial charge on any atom is -0.497 e. The molecule has 24 heavy (non-hydrogen) atoms. The Labute approximate surface area is 139 Å². The minimum atomic E-state index is -0.550. The van der Waals surface area contributed by atoms with Gasteiger partial charge in [-0.15, -0.1) is 0 Å². The highest BCUT2D eigenvalue weighted by molar-refractivity contribution is 5.93. The number of nitrogens with one attached hydrogen (secondary N) is 1. The molecule has 2 aromatic rings. The number of methoxy groups -OCH3 is 1. The summed E-state index contributed by atoms with van der Waals surface area (Å²) in [7, 11) is 3.20. The van der Waals surface area contributed by atoms with Crippen LogP contribution in [-0.2, 0) is 14.3 Å². The molecule has 1 amide bonds. The number of amides is 1. The molecule has 0 saturated heterocycles. The summed E-state index contributed by atoms with van der Waals surface area (Å²) in [5.74, 6) is 0.0329. The summed E-state index contributed by atoms with van der Waals surface area (Å²) in [6.07, 6.45) is 3.15. The number of likely N-dealkylation sites (N-methyl/N-ethyl adjacent to an activating group) is 1. The monoisotopic (exact) mass is 330 g/mol. The van der Waals surface area contributed by atoms with Crippen LogP contribution >= 0.6 is 0 Å². The Morgan fingerprint density at radius 1 is 1.21 bits per heavy atom. The summed E-state index contributed by atoms with van der Waals surface area (Å²) in [6, 6.07) is 8.56. The summed E-state index contributed by atoms with van der Waals surface area (Å²) >= 11 is 0. The van der Waals surface area contributed by atoms with Crippen LogP contribution in [0.15, 0.2) is 42.7 Å². The molecule has 0 bridgehead atoms. The van der Waals surface area contributed by atoms with Gasteiger partial charge in [-0.05, 0) is 18.2 Å². The van der Waals surface area contributed by atoms with Crippen LogP contribution in [0.1, 0.15) is 0 Å². The first-order chi connectivity index (χ1) is 11.6. The molecule has 0 fully saturated rings. The number of nitrogens with zero attached hydrogens (tertiary/aromatic N) is 3. The van der Waals surface area contributed by atoms with Crippen molar-refractivity contribution in [3.05, 3.63) is 42.7 Å². The Balaban J connectivity index is 1.77. The summed E-state index contributed by atoms with van der Waals surface area (Å²) in [5, 5.41) is 2.62. The zero-order valence-electron chi connectivity index (χ0n) is 13.4. The molecule has 0 aliphatic heterocycles. The van der Waals surface area contributed by atoms with E-state index < -0.39 is 11.9 Å². The van der Waals surface area contributed by atoms with E-state index in [1.807, 2.05) is 0 Å². The second-order valence-electron chi connectivity index (χ2n) is 4.85. The van der Waals surface area contributed by atoms with Gasteiger partial charge in [0.25, 0.3) is 5.91 Å². The van der Waals surface area contributed by atoms with Gasteiger partial charge >= 0.3 is 5.97 Å². The maximum atomic E-state index is 11.8. The highest BCUT2D eigenvalue weighted by Crippen LogP contribution is 2.16. The van der Waals surface area contributed by atoms with Crippen molar-refractivity contribution in [1.82, 2.24) is 9.97 Å². The zero-order chi connectivity index (χ0) is 17.4. The van der Waals surface area contributed by atoms with Crippen molar-refractivity contribution in [3.63, 3.8) is 0 Å². The van der Waals surface area contributed by atoms with Crippen molar-refractivity contribution < 1.29 is 19.1 Å². The van der Waals surface area contributed by atoms with Crippen molar-refractivity contribution in [2.24, 2.45) is 0 Å². The molecule has 0 aliphatic rings. The third kappa shape index (κ3) is 5.24. The molecule has 0 saturated carbocycles. The standard InChI is InChI=1S/C16H18N4O4/c1-20(16-17-7-4-8-18-16)10-15(22)24-11-14(21)19-12-5-3-6-13(9-12)23-2/h3-9H,10-11H2,1-2H3,(H,19,21). The number of ether oxygens (including phenoxy) is 2. The number of aromatic nitrogens is 2. The molecule has 8 nitrogen and oxygen atoms in total. The van der Waals surface area contributed by atoms with Crippen LogP contribution in [-0.4, -0.2) is 49.2 Å². The number of carbonyl (C=O) groups is 2. The number of hydrogen-bond donors (Lipinski definition) is 1. The maximum Gasteiger partial charge on any atom is 0.326 e. The predicted octanol–water partition coefficient (Wildman–Crippen LogP) is 1.10. The zero-order valence-corrected chi connectivity index (χ0v) is 13.4. The van der Waals surface area contributed by atoms with Gasteiger partial charge in [0.15, 0.2) is 6.61 Å². The first kappa shape index (κ1) is 17.2. The molecule has 1 N–H and O–H groups in total. The van der Waals surface area contributed by atoms with Crippen LogP contribution in [0.25, 0.3) is 0 Å². The lowest BCUT2D eigenvalue weighted by Gasteiger charge is -2.15. The van der Waals surface area contributed by atoms with Crippen molar-refractivity contribution in [2.45, 2.75) is 0 Å². The third-order valence-corrected chi connectivity index (χ3v) is 2.98. The topological polar surface area (TPSA) is 93.6 Å². The van der Waals surface area contributed by atoms with E-state index in [0.717, 1.165) is 0 Å². The fraction of sp³-hybridized carbons (Fsp3) is 0.250. The maximum absolute atomic E-state index is 11.8. The van der Waals surface area contributed by atoms with Crippen molar-refractivity contribution in [1.29, 1.82) is 0 Å². The van der Waals surface area contributed by atoms with Gasteiger partial charge in [-0.2, -0.15) is 0 Å². The Kier molecular flexibility index (Phi) is 6.07. The van der Waals surface area contributed by atoms with E-state index >= 15 is 0 Å². The molecule has 1 aromatic carbocycles. The van der Waals surface area contributed by atoms with Crippen molar-refractivity contribution in [2.75, 3.05) is 37.5 Å². The van der Waals surface area contributed by atoms with Crippen LogP contribution in [0.5, 0.6) is 5.75 Å². The molecule has 0 aliphatic carbocycles. The van der Waals surface area contributed by atoms with Gasteiger partial charge < -0.3 is 19.7 Å². The van der Waals surface area contributed by atoms with E-state index in [4.69, 9.17) is 9.47 Å². The molecule has 1 aromatic heterocycles. The van der Waals surface area contributed by atoms with Gasteiger partial charge in [-0.3, -0.25) is 9.59 Å². The number of benzene rings is 1. The number of anilines is 2. The van der Waals surface area contributed by atoms with Crippen molar-refractivity contribution in [3.8, 4) is 5.75 Å². The van der Waals surface area contributed by atoms with Gasteiger partial charge in [-0.1, -0.05) is 6.07 Å². The molecule has 0 radical (unpaired) electrons. The molecule has 0 spiro atoms. The first-order valence-corrected chi connectivity index (χ1v) is 7.16. The van der Waals surface area contributed by atoms with Gasteiger partial charge in [0.1, 0.15) is 12.3 Å². The Hall–Kier alpha value is -3.16. The highest BCUT2D eigenvalue weighted by atomic mass is 16.5. The van der Waals surface area contributed by atoms with Gasteiger partial charge in [0, 0.05) is 31.2 Å². The van der Waals surface area contributed by atoms with Crippen molar-refractivity contribution >= 4 is 23.5 Å². The molecule has 0 unspecified atom stereocenters. The minimum absolute atomic E-state index is 0.0591. The summed E-state index contributed by atoms with van der Waals surface area (Å²) in [5.41, 5.74) is 0.560. The smallest absolute Gasteiger partial charge is 0.326 e. The molecule has 1 heterocycles. The van der Waals surface area contributed by atoms with Crippen LogP contribution in [0, 0.1) is 0 Å². The van der Waals surface area contributed by atoms with E-state index in [0.29, 0.717) is 17.4 Å². The lowest BCUT2D eigenvalue weighted by molar-refractivity contribution is -0.145. The molecule has 0 atom stereocenters. The van der Waals surface area contributed by atoms with E-state index in [-0.39, 0.29) is 13.2 Å². The lowest BCUT2D eigenvalue weighted by atomic mass is 10.3. The fourth-order valence-electron chi connectivity index (χ4n) is 1.84. The fourth-order valence-corrected chi connectivity index (χ4v) is 1.84.